The quantitative estimate of drug-likeness (QED) is 0.153. The predicted octanol–water partition coefficient (Wildman–Crippen LogP) is 17.2. The molecule has 314 valence electrons. The number of thiophene rings is 1. The molecule has 0 spiro atoms. The highest BCUT2D eigenvalue weighted by Crippen LogP contribution is 2.43. The lowest BCUT2D eigenvalue weighted by Gasteiger charge is -2.26. The molecule has 10 aromatic carbocycles. The van der Waals surface area contributed by atoms with Gasteiger partial charge in [0.15, 0.2) is 5.82 Å². The first kappa shape index (κ1) is 38.8. The Kier molecular flexibility index (Phi) is 9.32. The lowest BCUT2D eigenvalue weighted by molar-refractivity contribution is 1.17. The molecule has 0 aliphatic rings. The minimum atomic E-state index is 0.710. The van der Waals surface area contributed by atoms with Crippen LogP contribution in [0, 0.1) is 0 Å². The Labute approximate surface area is 391 Å². The number of benzene rings is 10. The van der Waals surface area contributed by atoms with Gasteiger partial charge in [-0.25, -0.2) is 9.97 Å². The van der Waals surface area contributed by atoms with Crippen LogP contribution in [0.1, 0.15) is 0 Å². The van der Waals surface area contributed by atoms with Crippen LogP contribution in [-0.4, -0.2) is 14.5 Å². The van der Waals surface area contributed by atoms with E-state index in [1.807, 2.05) is 23.5 Å². The molecule has 0 atom stereocenters. The number of hydrogen-bond donors (Lipinski definition) is 0. The summed E-state index contributed by atoms with van der Waals surface area (Å²) in [6.07, 6.45) is 0. The number of anilines is 3. The number of rotatable bonds is 8. The molecule has 4 nitrogen and oxygen atoms in total. The van der Waals surface area contributed by atoms with Crippen molar-refractivity contribution in [2.45, 2.75) is 0 Å². The fraction of sp³-hybridized carbons (Fsp3) is 0. The van der Waals surface area contributed by atoms with Gasteiger partial charge in [0.2, 0.25) is 0 Å². The van der Waals surface area contributed by atoms with Gasteiger partial charge in [-0.15, -0.1) is 11.3 Å². The van der Waals surface area contributed by atoms with E-state index in [2.05, 4.69) is 240 Å². The van der Waals surface area contributed by atoms with Crippen molar-refractivity contribution < 1.29 is 0 Å². The maximum Gasteiger partial charge on any atom is 0.160 e. The first-order chi connectivity index (χ1) is 33.2. The summed E-state index contributed by atoms with van der Waals surface area (Å²) < 4.78 is 5.00. The molecule has 0 saturated carbocycles. The molecule has 3 aromatic heterocycles. The van der Waals surface area contributed by atoms with E-state index in [0.29, 0.717) is 5.82 Å². The average Bonchev–Trinajstić information content (AvgIpc) is 3.94. The molecule has 0 bridgehead atoms. The highest BCUT2D eigenvalue weighted by Gasteiger charge is 2.19. The van der Waals surface area contributed by atoms with E-state index in [1.165, 1.54) is 42.1 Å². The molecule has 13 rings (SSSR count). The summed E-state index contributed by atoms with van der Waals surface area (Å²) in [6, 6.07) is 87.1. The molecule has 5 heteroatoms. The van der Waals surface area contributed by atoms with Gasteiger partial charge in [-0.1, -0.05) is 158 Å². The van der Waals surface area contributed by atoms with E-state index in [4.69, 9.17) is 9.97 Å². The maximum absolute atomic E-state index is 5.18. The standard InChI is InChI=1S/C62H40N4S/c1-3-15-41(16-4-1)42-29-32-47(33-30-42)65(50-34-36-60-55(40-50)52-24-9-12-28-59(52)67-60)48-21-14-22-49(39-48)66-57-27-11-8-23-51(57)54-38-45(31-35-58(54)66)44-19-13-20-46(37-44)62-63-56-26-10-7-25-53(56)61(64-62)43-17-5-2-6-18-43/h1-40H. The van der Waals surface area contributed by atoms with E-state index in [-0.39, 0.29) is 0 Å². The third-order valence-corrected chi connectivity index (χ3v) is 14.1. The number of para-hydroxylation sites is 2. The molecule has 0 unspecified atom stereocenters. The van der Waals surface area contributed by atoms with Gasteiger partial charge in [0.05, 0.1) is 22.2 Å². The first-order valence-corrected chi connectivity index (χ1v) is 23.5. The van der Waals surface area contributed by atoms with Gasteiger partial charge in [0.1, 0.15) is 0 Å². The van der Waals surface area contributed by atoms with E-state index in [1.54, 1.807) is 0 Å². The summed E-state index contributed by atoms with van der Waals surface area (Å²) in [6.45, 7) is 0. The Morgan fingerprint density at radius 2 is 0.925 bits per heavy atom. The van der Waals surface area contributed by atoms with Crippen LogP contribution in [0.25, 0.3) is 103 Å². The maximum atomic E-state index is 5.18. The first-order valence-electron chi connectivity index (χ1n) is 22.6. The lowest BCUT2D eigenvalue weighted by atomic mass is 10.00. The van der Waals surface area contributed by atoms with Crippen molar-refractivity contribution >= 4 is 81.3 Å². The topological polar surface area (TPSA) is 34.0 Å². The summed E-state index contributed by atoms with van der Waals surface area (Å²) >= 11 is 1.85. The minimum Gasteiger partial charge on any atom is -0.310 e. The third kappa shape index (κ3) is 6.84. The number of fused-ring (bicyclic) bond motifs is 7. The van der Waals surface area contributed by atoms with Crippen LogP contribution >= 0.6 is 11.3 Å². The molecular weight excluding hydrogens is 833 g/mol. The van der Waals surface area contributed by atoms with Gasteiger partial charge in [0, 0.05) is 70.2 Å². The smallest absolute Gasteiger partial charge is 0.160 e. The Bertz CT molecular complexity index is 3980. The van der Waals surface area contributed by atoms with Crippen molar-refractivity contribution in [2.24, 2.45) is 0 Å². The van der Waals surface area contributed by atoms with Crippen molar-refractivity contribution in [3.05, 3.63) is 243 Å². The molecule has 0 aliphatic heterocycles. The van der Waals surface area contributed by atoms with Gasteiger partial charge in [-0.2, -0.15) is 0 Å². The van der Waals surface area contributed by atoms with Crippen LogP contribution in [0.4, 0.5) is 17.1 Å². The number of aromatic nitrogens is 3. The summed E-state index contributed by atoms with van der Waals surface area (Å²) in [5.74, 6) is 0.710. The normalized spacial score (nSPS) is 11.6. The molecule has 0 N–H and O–H groups in total. The minimum absolute atomic E-state index is 0.710. The Morgan fingerprint density at radius 1 is 0.328 bits per heavy atom. The average molecular weight is 873 g/mol. The van der Waals surface area contributed by atoms with Crippen molar-refractivity contribution in [1.82, 2.24) is 14.5 Å². The van der Waals surface area contributed by atoms with Crippen LogP contribution < -0.4 is 4.90 Å². The monoisotopic (exact) mass is 872 g/mol. The summed E-state index contributed by atoms with van der Waals surface area (Å²) in [7, 11) is 0. The Morgan fingerprint density at radius 3 is 1.78 bits per heavy atom. The van der Waals surface area contributed by atoms with Crippen LogP contribution in [0.15, 0.2) is 243 Å². The molecule has 3 heterocycles. The van der Waals surface area contributed by atoms with Crippen LogP contribution in [-0.2, 0) is 0 Å². The number of nitrogens with zero attached hydrogens (tertiary/aromatic N) is 4. The van der Waals surface area contributed by atoms with Crippen molar-refractivity contribution in [3.63, 3.8) is 0 Å². The van der Waals surface area contributed by atoms with Gasteiger partial charge in [-0.05, 0) is 107 Å². The van der Waals surface area contributed by atoms with Crippen LogP contribution in [0.5, 0.6) is 0 Å². The van der Waals surface area contributed by atoms with Gasteiger partial charge in [-0.3, -0.25) is 0 Å². The van der Waals surface area contributed by atoms with E-state index in [0.717, 1.165) is 72.6 Å². The lowest BCUT2D eigenvalue weighted by Crippen LogP contribution is -2.10. The van der Waals surface area contributed by atoms with E-state index in [9.17, 15) is 0 Å². The third-order valence-electron chi connectivity index (χ3n) is 13.0. The van der Waals surface area contributed by atoms with Crippen LogP contribution in [0.3, 0.4) is 0 Å². The van der Waals surface area contributed by atoms with Crippen molar-refractivity contribution in [1.29, 1.82) is 0 Å². The zero-order valence-electron chi connectivity index (χ0n) is 36.3. The van der Waals surface area contributed by atoms with E-state index < -0.39 is 0 Å². The number of hydrogen-bond acceptors (Lipinski definition) is 4. The molecular formula is C62H40N4S. The van der Waals surface area contributed by atoms with Crippen molar-refractivity contribution in [3.8, 4) is 50.6 Å². The molecule has 0 saturated heterocycles. The van der Waals surface area contributed by atoms with Gasteiger partial charge in [0.25, 0.3) is 0 Å². The Balaban J connectivity index is 0.922. The zero-order valence-corrected chi connectivity index (χ0v) is 37.1. The predicted molar refractivity (Wildman–Crippen MR) is 283 cm³/mol. The molecule has 0 aliphatic carbocycles. The highest BCUT2D eigenvalue weighted by molar-refractivity contribution is 7.25. The Hall–Kier alpha value is -8.64. The van der Waals surface area contributed by atoms with Gasteiger partial charge < -0.3 is 9.47 Å². The zero-order chi connectivity index (χ0) is 44.3. The molecule has 0 radical (unpaired) electrons. The van der Waals surface area contributed by atoms with Crippen molar-refractivity contribution in [2.75, 3.05) is 4.90 Å². The second kappa shape index (κ2) is 16.1. The fourth-order valence-electron chi connectivity index (χ4n) is 9.80. The van der Waals surface area contributed by atoms with Gasteiger partial charge >= 0.3 is 0 Å². The largest absolute Gasteiger partial charge is 0.310 e. The van der Waals surface area contributed by atoms with Crippen LogP contribution in [0.2, 0.25) is 0 Å². The molecule has 0 fully saturated rings. The summed E-state index contributed by atoms with van der Waals surface area (Å²) in [4.78, 5) is 12.7. The molecule has 67 heavy (non-hydrogen) atoms. The molecule has 0 amide bonds. The molecule has 13 aromatic rings. The SMILES string of the molecule is c1ccc(-c2ccc(N(c3cccc(-n4c5ccccc5c5cc(-c6cccc(-c7nc(-c8ccccc8)c8ccccc8n7)c6)ccc54)c3)c3ccc4sc5ccccc5c4c3)cc2)cc1. The second-order valence-corrected chi connectivity index (χ2v) is 18.1. The summed E-state index contributed by atoms with van der Waals surface area (Å²) in [5, 5.41) is 5.99. The fourth-order valence-corrected chi connectivity index (χ4v) is 10.9. The summed E-state index contributed by atoms with van der Waals surface area (Å²) in [5.41, 5.74) is 15.2. The van der Waals surface area contributed by atoms with E-state index >= 15 is 0 Å². The second-order valence-electron chi connectivity index (χ2n) is 17.0. The highest BCUT2D eigenvalue weighted by atomic mass is 32.1.